The molecule has 1 aromatic carbocycles. The molecule has 0 heterocycles. The van der Waals surface area contributed by atoms with Crippen LogP contribution in [0, 0.1) is 5.82 Å². The molecule has 1 rings (SSSR count). The lowest BCUT2D eigenvalue weighted by molar-refractivity contribution is -0.0760. The van der Waals surface area contributed by atoms with Gasteiger partial charge < -0.3 is 5.73 Å². The van der Waals surface area contributed by atoms with Gasteiger partial charge in [-0.1, -0.05) is 6.07 Å². The number of hydroxylamine groups is 1. The highest BCUT2D eigenvalue weighted by Crippen LogP contribution is 2.11. The Bertz CT molecular complexity index is 413. The van der Waals surface area contributed by atoms with Crippen LogP contribution in [0.3, 0.4) is 0 Å². The van der Waals surface area contributed by atoms with Crippen LogP contribution in [0.4, 0.5) is 4.39 Å². The Balaban J connectivity index is 2.64. The fourth-order valence-corrected chi connectivity index (χ4v) is 1.17. The van der Waals surface area contributed by atoms with Crippen molar-refractivity contribution in [2.75, 3.05) is 0 Å². The highest BCUT2D eigenvalue weighted by molar-refractivity contribution is 5.92. The second-order valence-corrected chi connectivity index (χ2v) is 4.71. The van der Waals surface area contributed by atoms with Gasteiger partial charge >= 0.3 is 0 Å². The Hall–Kier alpha value is -1.46. The molecule has 3 N–H and O–H groups in total. The van der Waals surface area contributed by atoms with Crippen LogP contribution in [0.1, 0.15) is 36.7 Å². The quantitative estimate of drug-likeness (QED) is 0.788. The molecule has 94 valence electrons. The van der Waals surface area contributed by atoms with Crippen molar-refractivity contribution in [1.29, 1.82) is 0 Å². The molecule has 1 aromatic rings. The van der Waals surface area contributed by atoms with Crippen LogP contribution in [0.2, 0.25) is 0 Å². The highest BCUT2D eigenvalue weighted by atomic mass is 19.1. The predicted octanol–water partition coefficient (Wildman–Crippen LogP) is 1.74. The van der Waals surface area contributed by atoms with Crippen LogP contribution in [-0.4, -0.2) is 11.5 Å². The molecule has 0 aliphatic carbocycles. The zero-order valence-corrected chi connectivity index (χ0v) is 10.2. The predicted molar refractivity (Wildman–Crippen MR) is 62.6 cm³/mol. The van der Waals surface area contributed by atoms with Gasteiger partial charge in [-0.05, 0) is 32.9 Å². The maximum absolute atomic E-state index is 13.5. The van der Waals surface area contributed by atoms with Gasteiger partial charge in [0.25, 0.3) is 0 Å². The molecule has 0 aliphatic rings. The molecule has 0 saturated heterocycles. The zero-order chi connectivity index (χ0) is 13.1. The van der Waals surface area contributed by atoms with E-state index in [2.05, 4.69) is 5.48 Å². The number of nitrogens with one attached hydrogen (secondary N) is 1. The number of hydrogen-bond acceptors (Lipinski definition) is 3. The minimum Gasteiger partial charge on any atom is -0.366 e. The molecule has 0 radical (unpaired) electrons. The van der Waals surface area contributed by atoms with Crippen molar-refractivity contribution in [3.05, 3.63) is 35.1 Å². The Morgan fingerprint density at radius 2 is 2.12 bits per heavy atom. The van der Waals surface area contributed by atoms with Crippen LogP contribution in [-0.2, 0) is 11.4 Å². The summed E-state index contributed by atoms with van der Waals surface area (Å²) in [6, 6.07) is 4.12. The van der Waals surface area contributed by atoms with Gasteiger partial charge in [0.2, 0.25) is 5.91 Å². The number of rotatable bonds is 4. The number of carbonyl (C=O) groups is 1. The molecule has 0 unspecified atom stereocenters. The molecule has 17 heavy (non-hydrogen) atoms. The summed E-state index contributed by atoms with van der Waals surface area (Å²) in [5.41, 5.74) is 7.95. The minimum atomic E-state index is -0.644. The summed E-state index contributed by atoms with van der Waals surface area (Å²) in [6.07, 6.45) is 0. The first-order chi connectivity index (χ1) is 7.79. The van der Waals surface area contributed by atoms with Crippen molar-refractivity contribution >= 4 is 5.91 Å². The molecule has 5 heteroatoms. The van der Waals surface area contributed by atoms with E-state index in [1.165, 1.54) is 12.1 Å². The second-order valence-electron chi connectivity index (χ2n) is 4.71. The number of amides is 1. The van der Waals surface area contributed by atoms with Crippen molar-refractivity contribution < 1.29 is 14.0 Å². The van der Waals surface area contributed by atoms with E-state index in [-0.39, 0.29) is 17.7 Å². The fraction of sp³-hybridized carbons (Fsp3) is 0.417. The van der Waals surface area contributed by atoms with E-state index in [4.69, 9.17) is 10.6 Å². The summed E-state index contributed by atoms with van der Waals surface area (Å²) in [4.78, 5) is 16.1. The van der Waals surface area contributed by atoms with Gasteiger partial charge in [-0.3, -0.25) is 9.63 Å². The van der Waals surface area contributed by atoms with E-state index in [0.717, 1.165) is 6.07 Å². The summed E-state index contributed by atoms with van der Waals surface area (Å²) in [5, 5.41) is 0. The van der Waals surface area contributed by atoms with Crippen molar-refractivity contribution in [1.82, 2.24) is 5.48 Å². The molecular formula is C12H17FN2O2. The summed E-state index contributed by atoms with van der Waals surface area (Å²) in [6.45, 7) is 5.87. The lowest BCUT2D eigenvalue weighted by Crippen LogP contribution is -2.29. The third kappa shape index (κ3) is 4.50. The van der Waals surface area contributed by atoms with E-state index in [1.54, 1.807) is 0 Å². The SMILES string of the molecule is CC(C)(C)ONCc1ccc(C(N)=O)cc1F. The monoisotopic (exact) mass is 240 g/mol. The van der Waals surface area contributed by atoms with Crippen molar-refractivity contribution in [3.8, 4) is 0 Å². The number of carbonyl (C=O) groups excluding carboxylic acids is 1. The lowest BCUT2D eigenvalue weighted by atomic mass is 10.1. The first-order valence-corrected chi connectivity index (χ1v) is 5.29. The van der Waals surface area contributed by atoms with Gasteiger partial charge in [-0.2, -0.15) is 5.48 Å². The summed E-state index contributed by atoms with van der Waals surface area (Å²) in [7, 11) is 0. The minimum absolute atomic E-state index is 0.156. The summed E-state index contributed by atoms with van der Waals surface area (Å²) >= 11 is 0. The van der Waals surface area contributed by atoms with Gasteiger partial charge in [0.05, 0.1) is 5.60 Å². The summed E-state index contributed by atoms with van der Waals surface area (Å²) < 4.78 is 13.5. The normalized spacial score (nSPS) is 11.5. The third-order valence-electron chi connectivity index (χ3n) is 1.98. The fourth-order valence-electron chi connectivity index (χ4n) is 1.17. The number of nitrogens with two attached hydrogens (primary N) is 1. The number of primary amides is 1. The van der Waals surface area contributed by atoms with E-state index in [1.807, 2.05) is 20.8 Å². The standard InChI is InChI=1S/C12H17FN2O2/c1-12(2,3)17-15-7-9-5-4-8(11(14)16)6-10(9)13/h4-6,15H,7H2,1-3H3,(H2,14,16). The molecule has 4 nitrogen and oxygen atoms in total. The van der Waals surface area contributed by atoms with Gasteiger partial charge in [-0.25, -0.2) is 4.39 Å². The topological polar surface area (TPSA) is 64.3 Å². The van der Waals surface area contributed by atoms with Crippen molar-refractivity contribution in [2.24, 2.45) is 5.73 Å². The van der Waals surface area contributed by atoms with E-state index < -0.39 is 11.7 Å². The molecule has 0 saturated carbocycles. The molecule has 1 amide bonds. The Kier molecular flexibility index (Phi) is 4.20. The highest BCUT2D eigenvalue weighted by Gasteiger charge is 2.11. The van der Waals surface area contributed by atoms with Crippen LogP contribution < -0.4 is 11.2 Å². The van der Waals surface area contributed by atoms with Crippen LogP contribution in [0.5, 0.6) is 0 Å². The Morgan fingerprint density at radius 1 is 1.47 bits per heavy atom. The maximum Gasteiger partial charge on any atom is 0.248 e. The lowest BCUT2D eigenvalue weighted by Gasteiger charge is -2.19. The van der Waals surface area contributed by atoms with E-state index in [9.17, 15) is 9.18 Å². The number of hydrogen-bond donors (Lipinski definition) is 2. The Morgan fingerprint density at radius 3 is 2.59 bits per heavy atom. The third-order valence-corrected chi connectivity index (χ3v) is 1.98. The molecule has 0 aromatic heterocycles. The Labute approximate surface area is 99.9 Å². The second kappa shape index (κ2) is 5.25. The van der Waals surface area contributed by atoms with E-state index >= 15 is 0 Å². The van der Waals surface area contributed by atoms with Gasteiger partial charge in [0, 0.05) is 17.7 Å². The zero-order valence-electron chi connectivity index (χ0n) is 10.2. The van der Waals surface area contributed by atoms with E-state index in [0.29, 0.717) is 5.56 Å². The molecular weight excluding hydrogens is 223 g/mol. The average Bonchev–Trinajstić information content (AvgIpc) is 2.18. The first kappa shape index (κ1) is 13.6. The summed E-state index contributed by atoms with van der Waals surface area (Å²) in [5.74, 6) is -1.12. The molecule has 0 aliphatic heterocycles. The molecule has 0 atom stereocenters. The smallest absolute Gasteiger partial charge is 0.248 e. The number of benzene rings is 1. The molecule has 0 spiro atoms. The molecule has 0 fully saturated rings. The van der Waals surface area contributed by atoms with Gasteiger partial charge in [0.1, 0.15) is 5.82 Å². The van der Waals surface area contributed by atoms with Crippen molar-refractivity contribution in [3.63, 3.8) is 0 Å². The van der Waals surface area contributed by atoms with Gasteiger partial charge in [-0.15, -0.1) is 0 Å². The average molecular weight is 240 g/mol. The van der Waals surface area contributed by atoms with Crippen LogP contribution >= 0.6 is 0 Å². The number of halogens is 1. The largest absolute Gasteiger partial charge is 0.366 e. The van der Waals surface area contributed by atoms with Crippen molar-refractivity contribution in [2.45, 2.75) is 32.9 Å². The maximum atomic E-state index is 13.5. The van der Waals surface area contributed by atoms with Gasteiger partial charge in [0.15, 0.2) is 0 Å². The van der Waals surface area contributed by atoms with Crippen LogP contribution in [0.25, 0.3) is 0 Å². The van der Waals surface area contributed by atoms with Crippen LogP contribution in [0.15, 0.2) is 18.2 Å². The first-order valence-electron chi connectivity index (χ1n) is 5.29. The molecule has 0 bridgehead atoms.